The molecule has 7 nitrogen and oxygen atoms in total. The number of rotatable bonds is 7. The molecule has 3 amide bonds. The molecule has 0 radical (unpaired) electrons. The highest BCUT2D eigenvalue weighted by Crippen LogP contribution is 2.61. The van der Waals surface area contributed by atoms with E-state index >= 15 is 0 Å². The second kappa shape index (κ2) is 11.0. The van der Waals surface area contributed by atoms with Gasteiger partial charge in [-0.1, -0.05) is 74.0 Å². The number of hydrogen-bond acceptors (Lipinski definition) is 5. The smallest absolute Gasteiger partial charge is 0.329 e. The number of imide groups is 1. The number of hydrogen-bond donors (Lipinski definition) is 1. The van der Waals surface area contributed by atoms with Crippen LogP contribution in [-0.2, 0) is 23.9 Å². The molecule has 1 saturated heterocycles. The maximum absolute atomic E-state index is 14.2. The third kappa shape index (κ3) is 4.56. The summed E-state index contributed by atoms with van der Waals surface area (Å²) in [4.78, 5) is 55.7. The first-order valence-corrected chi connectivity index (χ1v) is 15.2. The van der Waals surface area contributed by atoms with Crippen LogP contribution in [0.2, 0.25) is 5.02 Å². The number of anilines is 1. The average molecular weight is 650 g/mol. The molecule has 7 rings (SSSR count). The zero-order valence-electron chi connectivity index (χ0n) is 23.4. The van der Waals surface area contributed by atoms with Crippen molar-refractivity contribution in [1.82, 2.24) is 4.90 Å². The number of carbonyl (C=O) groups excluding carboxylic acids is 4. The molecule has 1 N–H and O–H groups in total. The van der Waals surface area contributed by atoms with Crippen molar-refractivity contribution in [2.45, 2.75) is 45.1 Å². The molecule has 216 valence electrons. The molecule has 2 bridgehead atoms. The molecule has 3 aromatic rings. The summed E-state index contributed by atoms with van der Waals surface area (Å²) in [6, 6.07) is 18.3. The molecular formula is C33H30BrClN2O5. The Morgan fingerprint density at radius 3 is 1.88 bits per heavy atom. The maximum Gasteiger partial charge on any atom is 0.329 e. The third-order valence-electron chi connectivity index (χ3n) is 8.72. The Labute approximate surface area is 257 Å². The normalized spacial score (nSPS) is 22.5. The summed E-state index contributed by atoms with van der Waals surface area (Å²) in [5.74, 6) is -3.76. The molecular weight excluding hydrogens is 620 g/mol. The molecule has 3 aromatic carbocycles. The van der Waals surface area contributed by atoms with Gasteiger partial charge in [-0.25, -0.2) is 4.79 Å². The van der Waals surface area contributed by atoms with Gasteiger partial charge < -0.3 is 10.1 Å². The highest BCUT2D eigenvalue weighted by atomic mass is 79.9. The summed E-state index contributed by atoms with van der Waals surface area (Å²) in [7, 11) is 0. The van der Waals surface area contributed by atoms with Crippen LogP contribution < -0.4 is 5.32 Å². The highest BCUT2D eigenvalue weighted by molar-refractivity contribution is 9.10. The quantitative estimate of drug-likeness (QED) is 0.243. The first kappa shape index (κ1) is 28.6. The number of esters is 1. The molecule has 42 heavy (non-hydrogen) atoms. The molecule has 4 aliphatic rings. The third-order valence-corrected chi connectivity index (χ3v) is 10.1. The number of likely N-dealkylation sites (tertiary alicyclic amines) is 1. The Balaban J connectivity index is 1.26. The predicted octanol–water partition coefficient (Wildman–Crippen LogP) is 6.20. The number of nitrogens with one attached hydrogen (secondary N) is 1. The summed E-state index contributed by atoms with van der Waals surface area (Å²) in [5.41, 5.74) is 5.41. The molecule has 0 spiro atoms. The van der Waals surface area contributed by atoms with Gasteiger partial charge in [0.1, 0.15) is 6.04 Å². The van der Waals surface area contributed by atoms with Crippen LogP contribution in [0, 0.1) is 24.7 Å². The number of benzene rings is 3. The number of halogens is 2. The van der Waals surface area contributed by atoms with E-state index in [1.807, 2.05) is 62.4 Å². The maximum atomic E-state index is 14.2. The lowest BCUT2D eigenvalue weighted by molar-refractivity contribution is -0.160. The van der Waals surface area contributed by atoms with Crippen molar-refractivity contribution in [2.75, 3.05) is 11.9 Å². The van der Waals surface area contributed by atoms with E-state index in [1.165, 1.54) is 0 Å². The van der Waals surface area contributed by atoms with Gasteiger partial charge in [-0.15, -0.1) is 0 Å². The molecule has 0 aromatic heterocycles. The van der Waals surface area contributed by atoms with Gasteiger partial charge >= 0.3 is 5.97 Å². The van der Waals surface area contributed by atoms with E-state index in [0.717, 1.165) is 27.2 Å². The Bertz CT molecular complexity index is 1520. The summed E-state index contributed by atoms with van der Waals surface area (Å²) in [6.07, 6.45) is 0.230. The Kier molecular flexibility index (Phi) is 7.48. The number of nitrogens with zero attached hydrogens (tertiary/aromatic N) is 1. The van der Waals surface area contributed by atoms with Crippen LogP contribution in [-0.4, -0.2) is 41.2 Å². The fourth-order valence-electron chi connectivity index (χ4n) is 6.97. The van der Waals surface area contributed by atoms with Crippen molar-refractivity contribution in [3.8, 4) is 0 Å². The van der Waals surface area contributed by atoms with Crippen molar-refractivity contribution in [3.05, 3.63) is 98.0 Å². The lowest BCUT2D eigenvalue weighted by Crippen LogP contribution is -2.47. The summed E-state index contributed by atoms with van der Waals surface area (Å²) < 4.78 is 6.15. The second-order valence-corrected chi connectivity index (χ2v) is 12.9. The van der Waals surface area contributed by atoms with Gasteiger partial charge in [0, 0.05) is 22.0 Å². The zero-order valence-corrected chi connectivity index (χ0v) is 25.7. The van der Waals surface area contributed by atoms with Crippen LogP contribution in [0.5, 0.6) is 0 Å². The summed E-state index contributed by atoms with van der Waals surface area (Å²) in [6.45, 7) is 5.04. The molecule has 9 heteroatoms. The van der Waals surface area contributed by atoms with Gasteiger partial charge in [0.05, 0.1) is 16.9 Å². The van der Waals surface area contributed by atoms with E-state index in [1.54, 1.807) is 19.1 Å². The molecule has 3 aliphatic carbocycles. The highest BCUT2D eigenvalue weighted by Gasteiger charge is 2.63. The van der Waals surface area contributed by atoms with Gasteiger partial charge in [0.25, 0.3) is 5.91 Å². The first-order valence-electron chi connectivity index (χ1n) is 14.1. The van der Waals surface area contributed by atoms with Crippen LogP contribution >= 0.6 is 27.5 Å². The Morgan fingerprint density at radius 1 is 0.905 bits per heavy atom. The summed E-state index contributed by atoms with van der Waals surface area (Å²) >= 11 is 9.62. The average Bonchev–Trinajstić information content (AvgIpc) is 3.24. The van der Waals surface area contributed by atoms with Crippen LogP contribution in [0.4, 0.5) is 5.69 Å². The molecule has 0 unspecified atom stereocenters. The molecule has 1 heterocycles. The van der Waals surface area contributed by atoms with Gasteiger partial charge in [-0.05, 0) is 75.1 Å². The second-order valence-electron chi connectivity index (χ2n) is 11.6. The zero-order chi connectivity index (χ0) is 29.9. The van der Waals surface area contributed by atoms with Crippen molar-refractivity contribution in [1.29, 1.82) is 0 Å². The lowest BCUT2D eigenvalue weighted by Gasteiger charge is -2.45. The fourth-order valence-corrected chi connectivity index (χ4v) is 7.56. The van der Waals surface area contributed by atoms with Gasteiger partial charge in [-0.2, -0.15) is 0 Å². The Hall–Kier alpha value is -3.49. The van der Waals surface area contributed by atoms with E-state index < -0.39 is 36.4 Å². The van der Waals surface area contributed by atoms with Crippen molar-refractivity contribution in [2.24, 2.45) is 17.8 Å². The Morgan fingerprint density at radius 2 is 1.40 bits per heavy atom. The SMILES string of the molecule is Cc1c(NC(=O)COC(=O)[C@H](CC(C)C)N2C(=O)[C@H]3C4c5ccccc5C(c5ccccc54)[C@@H]3C2=O)ccc(Br)c1Cl. The van der Waals surface area contributed by atoms with Crippen molar-refractivity contribution in [3.63, 3.8) is 0 Å². The van der Waals surface area contributed by atoms with E-state index in [4.69, 9.17) is 16.3 Å². The first-order chi connectivity index (χ1) is 20.1. The fraction of sp³-hybridized carbons (Fsp3) is 0.333. The van der Waals surface area contributed by atoms with E-state index in [2.05, 4.69) is 21.2 Å². The monoisotopic (exact) mass is 648 g/mol. The standard InChI is InChI=1S/C33H30BrClN2O5/c1-16(2)14-24(33(41)42-15-25(38)36-23-13-12-22(34)30(35)17(23)3)37-31(39)28-26-18-8-4-5-9-19(18)27(29(28)32(37)40)21-11-7-6-10-20(21)26/h4-13,16,24,26-29H,14-15H2,1-3H3,(H,36,38)/t24-,26?,27?,28-,29-/m0/s1. The van der Waals surface area contributed by atoms with Crippen LogP contribution in [0.25, 0.3) is 0 Å². The molecule has 3 atom stereocenters. The van der Waals surface area contributed by atoms with Crippen LogP contribution in [0.15, 0.2) is 65.1 Å². The van der Waals surface area contributed by atoms with E-state index in [9.17, 15) is 19.2 Å². The largest absolute Gasteiger partial charge is 0.454 e. The summed E-state index contributed by atoms with van der Waals surface area (Å²) in [5, 5.41) is 3.18. The number of carbonyl (C=O) groups is 4. The molecule has 1 aliphatic heterocycles. The van der Waals surface area contributed by atoms with E-state index in [0.29, 0.717) is 20.7 Å². The van der Waals surface area contributed by atoms with Gasteiger partial charge in [0.2, 0.25) is 11.8 Å². The predicted molar refractivity (Wildman–Crippen MR) is 162 cm³/mol. The lowest BCUT2D eigenvalue weighted by atomic mass is 9.55. The van der Waals surface area contributed by atoms with Gasteiger partial charge in [-0.3, -0.25) is 19.3 Å². The van der Waals surface area contributed by atoms with Gasteiger partial charge in [0.15, 0.2) is 6.61 Å². The number of ether oxygens (including phenoxy) is 1. The molecule has 1 fully saturated rings. The topological polar surface area (TPSA) is 92.8 Å². The minimum Gasteiger partial charge on any atom is -0.454 e. The van der Waals surface area contributed by atoms with Crippen molar-refractivity contribution >= 4 is 56.9 Å². The molecule has 0 saturated carbocycles. The van der Waals surface area contributed by atoms with Crippen LogP contribution in [0.1, 0.15) is 59.9 Å². The van der Waals surface area contributed by atoms with Crippen LogP contribution in [0.3, 0.4) is 0 Å². The minimum atomic E-state index is -1.13. The number of amides is 3. The minimum absolute atomic E-state index is 0.0155. The van der Waals surface area contributed by atoms with Crippen molar-refractivity contribution < 1.29 is 23.9 Å². The van der Waals surface area contributed by atoms with E-state index in [-0.39, 0.29) is 36.0 Å².